The Balaban J connectivity index is 1.33. The molecule has 43 heavy (non-hydrogen) atoms. The van der Waals surface area contributed by atoms with Crippen molar-refractivity contribution < 1.29 is 8.42 Å². The number of rotatable bonds is 1. The summed E-state index contributed by atoms with van der Waals surface area (Å²) in [6.07, 6.45) is 0. The number of nitrogens with zero attached hydrogens (tertiary/aromatic N) is 2. The molecular formula is C38H22N2O2S. The second kappa shape index (κ2) is 7.77. The molecule has 0 radical (unpaired) electrons. The Bertz CT molecular complexity index is 2430. The molecule has 0 atom stereocenters. The molecule has 6 aromatic carbocycles. The van der Waals surface area contributed by atoms with Crippen LogP contribution in [-0.4, -0.2) is 18.0 Å². The fourth-order valence-electron chi connectivity index (χ4n) is 7.96. The SMILES string of the molecule is O=S1(=O)c2ccccc2-n2c(-c3ccc4c(c3)C3(c5ccccc5-c5ccccc53)c3ccccc3-4)nc3cccc1c32. The van der Waals surface area contributed by atoms with Gasteiger partial charge in [0.25, 0.3) is 0 Å². The monoisotopic (exact) mass is 570 g/mol. The molecule has 2 aliphatic carbocycles. The van der Waals surface area contributed by atoms with Crippen molar-refractivity contribution in [3.8, 4) is 39.3 Å². The van der Waals surface area contributed by atoms with Gasteiger partial charge in [0.05, 0.1) is 31.9 Å². The zero-order chi connectivity index (χ0) is 28.5. The van der Waals surface area contributed by atoms with Gasteiger partial charge in [0.2, 0.25) is 9.84 Å². The highest BCUT2D eigenvalue weighted by atomic mass is 32.2. The molecule has 0 saturated heterocycles. The number of para-hydroxylation sites is 2. The van der Waals surface area contributed by atoms with Gasteiger partial charge in [-0.3, -0.25) is 4.57 Å². The van der Waals surface area contributed by atoms with E-state index in [2.05, 4.69) is 91.0 Å². The molecule has 0 saturated carbocycles. The van der Waals surface area contributed by atoms with Gasteiger partial charge in [0.15, 0.2) is 0 Å². The molecule has 1 aromatic heterocycles. The first-order chi connectivity index (χ1) is 21.1. The van der Waals surface area contributed by atoms with Crippen LogP contribution in [0.5, 0.6) is 0 Å². The summed E-state index contributed by atoms with van der Waals surface area (Å²) in [4.78, 5) is 5.70. The van der Waals surface area contributed by atoms with Crippen molar-refractivity contribution in [2.75, 3.05) is 0 Å². The summed E-state index contributed by atoms with van der Waals surface area (Å²) in [5.41, 5.74) is 12.5. The molecular weight excluding hydrogens is 548 g/mol. The average Bonchev–Trinajstić information content (AvgIpc) is 3.68. The van der Waals surface area contributed by atoms with Gasteiger partial charge in [0.1, 0.15) is 5.82 Å². The highest BCUT2D eigenvalue weighted by molar-refractivity contribution is 7.92. The Morgan fingerprint density at radius 3 is 1.77 bits per heavy atom. The van der Waals surface area contributed by atoms with Gasteiger partial charge in [0, 0.05) is 5.56 Å². The van der Waals surface area contributed by atoms with E-state index in [4.69, 9.17) is 4.98 Å². The number of imidazole rings is 1. The zero-order valence-electron chi connectivity index (χ0n) is 22.8. The van der Waals surface area contributed by atoms with Gasteiger partial charge in [-0.2, -0.15) is 0 Å². The van der Waals surface area contributed by atoms with Crippen LogP contribution in [0.25, 0.3) is 50.4 Å². The van der Waals surface area contributed by atoms with Gasteiger partial charge >= 0.3 is 0 Å². The molecule has 5 heteroatoms. The van der Waals surface area contributed by atoms with Crippen molar-refractivity contribution in [2.24, 2.45) is 0 Å². The van der Waals surface area contributed by atoms with E-state index >= 15 is 0 Å². The Morgan fingerprint density at radius 2 is 1.09 bits per heavy atom. The first-order valence-electron chi connectivity index (χ1n) is 14.4. The third kappa shape index (κ3) is 2.63. The standard InChI is InChI=1S/C38H22N2O2S/c41-43(42)34-18-8-7-17-33(34)40-36-32(16-9-19-35(36)43)39-37(40)23-20-21-27-26-12-3-6-15-30(26)38(31(27)22-23)28-13-4-1-10-24(28)25-11-2-5-14-29(25)38/h1-22H. The Morgan fingerprint density at radius 1 is 0.535 bits per heavy atom. The topological polar surface area (TPSA) is 52.0 Å². The molecule has 0 bridgehead atoms. The molecule has 0 fully saturated rings. The van der Waals surface area contributed by atoms with E-state index in [1.165, 1.54) is 44.5 Å². The lowest BCUT2D eigenvalue weighted by Gasteiger charge is -2.30. The average molecular weight is 571 g/mol. The summed E-state index contributed by atoms with van der Waals surface area (Å²) in [5, 5.41) is 0. The Labute approximate surface area is 248 Å². The molecule has 10 rings (SSSR count). The number of hydrogen-bond acceptors (Lipinski definition) is 3. The van der Waals surface area contributed by atoms with E-state index in [0.717, 1.165) is 11.4 Å². The van der Waals surface area contributed by atoms with E-state index < -0.39 is 15.3 Å². The predicted molar refractivity (Wildman–Crippen MR) is 168 cm³/mol. The second-order valence-electron chi connectivity index (χ2n) is 11.5. The van der Waals surface area contributed by atoms with Gasteiger partial charge in [-0.1, -0.05) is 103 Å². The molecule has 1 aliphatic heterocycles. The van der Waals surface area contributed by atoms with Crippen LogP contribution in [0, 0.1) is 0 Å². The fourth-order valence-corrected chi connectivity index (χ4v) is 9.60. The van der Waals surface area contributed by atoms with E-state index in [1.54, 1.807) is 24.3 Å². The first-order valence-corrected chi connectivity index (χ1v) is 15.9. The molecule has 0 unspecified atom stereocenters. The van der Waals surface area contributed by atoms with E-state index in [1.807, 2.05) is 22.8 Å². The minimum Gasteiger partial charge on any atom is -0.290 e. The Kier molecular flexibility index (Phi) is 4.21. The van der Waals surface area contributed by atoms with Crippen LogP contribution < -0.4 is 0 Å². The summed E-state index contributed by atoms with van der Waals surface area (Å²) in [6.45, 7) is 0. The van der Waals surface area contributed by atoms with Crippen LogP contribution in [0.3, 0.4) is 0 Å². The third-order valence-electron chi connectivity index (χ3n) is 9.58. The van der Waals surface area contributed by atoms with Crippen molar-refractivity contribution in [3.63, 3.8) is 0 Å². The summed E-state index contributed by atoms with van der Waals surface area (Å²) in [6, 6.07) is 45.6. The van der Waals surface area contributed by atoms with E-state index in [-0.39, 0.29) is 0 Å². The maximum atomic E-state index is 13.7. The normalized spacial score (nSPS) is 15.5. The van der Waals surface area contributed by atoms with Crippen molar-refractivity contribution in [1.82, 2.24) is 9.55 Å². The van der Waals surface area contributed by atoms with Crippen LogP contribution in [0.15, 0.2) is 143 Å². The molecule has 4 nitrogen and oxygen atoms in total. The number of benzene rings is 6. The lowest BCUT2D eigenvalue weighted by Crippen LogP contribution is -2.25. The van der Waals surface area contributed by atoms with Crippen molar-refractivity contribution in [2.45, 2.75) is 15.2 Å². The van der Waals surface area contributed by atoms with E-state index in [0.29, 0.717) is 26.5 Å². The highest BCUT2D eigenvalue weighted by Crippen LogP contribution is 2.63. The summed E-state index contributed by atoms with van der Waals surface area (Å²) in [5.74, 6) is 0.735. The summed E-state index contributed by atoms with van der Waals surface area (Å²) in [7, 11) is -3.67. The molecule has 2 heterocycles. The van der Waals surface area contributed by atoms with Crippen molar-refractivity contribution >= 4 is 20.9 Å². The summed E-state index contributed by atoms with van der Waals surface area (Å²) < 4.78 is 29.4. The van der Waals surface area contributed by atoms with Gasteiger partial charge < -0.3 is 0 Å². The van der Waals surface area contributed by atoms with Gasteiger partial charge in [-0.05, 0) is 74.8 Å². The first kappa shape index (κ1) is 23.3. The minimum atomic E-state index is -3.67. The smallest absolute Gasteiger partial charge is 0.210 e. The zero-order valence-corrected chi connectivity index (χ0v) is 23.6. The van der Waals surface area contributed by atoms with Gasteiger partial charge in [-0.15, -0.1) is 0 Å². The number of hydrogen-bond donors (Lipinski definition) is 0. The largest absolute Gasteiger partial charge is 0.290 e. The van der Waals surface area contributed by atoms with Crippen molar-refractivity contribution in [1.29, 1.82) is 0 Å². The summed E-state index contributed by atoms with van der Waals surface area (Å²) >= 11 is 0. The fraction of sp³-hybridized carbons (Fsp3) is 0.0263. The molecule has 7 aromatic rings. The minimum absolute atomic E-state index is 0.297. The van der Waals surface area contributed by atoms with Crippen LogP contribution in [0.2, 0.25) is 0 Å². The molecule has 202 valence electrons. The molecule has 0 N–H and O–H groups in total. The molecule has 1 spiro atoms. The number of aromatic nitrogens is 2. The van der Waals surface area contributed by atoms with Crippen molar-refractivity contribution in [3.05, 3.63) is 156 Å². The van der Waals surface area contributed by atoms with Crippen LogP contribution in [-0.2, 0) is 15.3 Å². The van der Waals surface area contributed by atoms with Crippen LogP contribution in [0.1, 0.15) is 22.3 Å². The van der Waals surface area contributed by atoms with Crippen LogP contribution >= 0.6 is 0 Å². The quantitative estimate of drug-likeness (QED) is 0.200. The second-order valence-corrected chi connectivity index (χ2v) is 13.4. The Hall–Kier alpha value is -5.26. The maximum Gasteiger partial charge on any atom is 0.210 e. The third-order valence-corrected chi connectivity index (χ3v) is 11.4. The number of sulfone groups is 1. The predicted octanol–water partition coefficient (Wildman–Crippen LogP) is 8.18. The molecule has 0 amide bonds. The number of fused-ring (bicyclic) bond motifs is 12. The van der Waals surface area contributed by atoms with Crippen LogP contribution in [0.4, 0.5) is 0 Å². The maximum absolute atomic E-state index is 13.7. The molecule has 3 aliphatic rings. The lowest BCUT2D eigenvalue weighted by atomic mass is 9.70. The van der Waals surface area contributed by atoms with E-state index in [9.17, 15) is 8.42 Å². The lowest BCUT2D eigenvalue weighted by molar-refractivity contribution is 0.594. The van der Waals surface area contributed by atoms with Gasteiger partial charge in [-0.25, -0.2) is 13.4 Å². The highest BCUT2D eigenvalue weighted by Gasteiger charge is 2.51.